The van der Waals surface area contributed by atoms with Gasteiger partial charge in [0.2, 0.25) is 17.6 Å². The number of hydrogen-bond acceptors (Lipinski definition) is 7. The van der Waals surface area contributed by atoms with Gasteiger partial charge in [-0.25, -0.2) is 9.37 Å². The van der Waals surface area contributed by atoms with Gasteiger partial charge in [0.25, 0.3) is 0 Å². The van der Waals surface area contributed by atoms with E-state index >= 15 is 0 Å². The Morgan fingerprint density at radius 2 is 1.97 bits per heavy atom. The fourth-order valence-electron chi connectivity index (χ4n) is 5.36. The highest BCUT2D eigenvalue weighted by molar-refractivity contribution is 5.84. The van der Waals surface area contributed by atoms with E-state index in [0.717, 1.165) is 24.2 Å². The first-order chi connectivity index (χ1) is 16.6. The lowest BCUT2D eigenvalue weighted by Gasteiger charge is -2.39. The molecule has 1 atom stereocenters. The van der Waals surface area contributed by atoms with E-state index in [4.69, 9.17) is 9.26 Å². The maximum Gasteiger partial charge on any atom is 0.242 e. The number of nitrogens with zero attached hydrogens (tertiary/aromatic N) is 6. The number of aromatic nitrogens is 4. The molecule has 178 valence electrons. The van der Waals surface area contributed by atoms with Crippen LogP contribution in [0.3, 0.4) is 0 Å². The highest BCUT2D eigenvalue weighted by atomic mass is 19.1. The van der Waals surface area contributed by atoms with Crippen LogP contribution in [0, 0.1) is 5.82 Å². The molecule has 1 amide bonds. The van der Waals surface area contributed by atoms with Crippen molar-refractivity contribution in [3.8, 4) is 17.2 Å². The van der Waals surface area contributed by atoms with Crippen LogP contribution in [0.2, 0.25) is 0 Å². The van der Waals surface area contributed by atoms with Crippen LogP contribution >= 0.6 is 0 Å². The second-order valence-electron chi connectivity index (χ2n) is 9.22. The van der Waals surface area contributed by atoms with Gasteiger partial charge < -0.3 is 19.1 Å². The van der Waals surface area contributed by atoms with Gasteiger partial charge in [-0.3, -0.25) is 9.36 Å². The molecule has 1 saturated carbocycles. The number of carbonyl (C=O) groups is 1. The molecule has 0 bridgehead atoms. The molecule has 9 nitrogen and oxygen atoms in total. The Hall–Kier alpha value is -3.27. The zero-order valence-electron chi connectivity index (χ0n) is 19.1. The first kappa shape index (κ1) is 21.3. The molecule has 0 radical (unpaired) electrons. The van der Waals surface area contributed by atoms with Crippen molar-refractivity contribution in [1.29, 1.82) is 0 Å². The fourth-order valence-corrected chi connectivity index (χ4v) is 5.36. The summed E-state index contributed by atoms with van der Waals surface area (Å²) in [4.78, 5) is 26.2. The average molecular weight is 467 g/mol. The average Bonchev–Trinajstić information content (AvgIpc) is 3.62. The predicted octanol–water partition coefficient (Wildman–Crippen LogP) is 3.46. The number of carbonyl (C=O) groups excluding carboxylic acids is 1. The van der Waals surface area contributed by atoms with Gasteiger partial charge in [-0.05, 0) is 38.0 Å². The number of ether oxygens (including phenoxy) is 1. The molecule has 0 spiro atoms. The van der Waals surface area contributed by atoms with Crippen LogP contribution in [0.5, 0.6) is 0 Å². The van der Waals surface area contributed by atoms with Crippen molar-refractivity contribution < 1.29 is 18.4 Å². The molecule has 0 unspecified atom stereocenters. The molecule has 4 heterocycles. The Kier molecular flexibility index (Phi) is 5.32. The Morgan fingerprint density at radius 3 is 2.76 bits per heavy atom. The SMILES string of the molecule is C[C@@H]1c2c(-c3noc(C4CCCC4)n3)ncn2-c2ccc(F)cc2N1CC(=O)N1CCOCC1. The van der Waals surface area contributed by atoms with Gasteiger partial charge in [0.15, 0.2) is 0 Å². The molecule has 0 N–H and O–H groups in total. The first-order valence-electron chi connectivity index (χ1n) is 11.9. The third-order valence-corrected chi connectivity index (χ3v) is 7.20. The van der Waals surface area contributed by atoms with Gasteiger partial charge in [-0.1, -0.05) is 18.0 Å². The number of anilines is 1. The van der Waals surface area contributed by atoms with E-state index in [1.54, 1.807) is 17.3 Å². The summed E-state index contributed by atoms with van der Waals surface area (Å²) in [5, 5.41) is 4.25. The lowest BCUT2D eigenvalue weighted by Crippen LogP contribution is -2.47. The zero-order valence-corrected chi connectivity index (χ0v) is 19.1. The number of hydrogen-bond donors (Lipinski definition) is 0. The van der Waals surface area contributed by atoms with Crippen LogP contribution < -0.4 is 4.90 Å². The smallest absolute Gasteiger partial charge is 0.242 e. The summed E-state index contributed by atoms with van der Waals surface area (Å²) in [7, 11) is 0. The number of halogens is 1. The summed E-state index contributed by atoms with van der Waals surface area (Å²) in [6, 6.07) is 4.36. The maximum absolute atomic E-state index is 14.3. The summed E-state index contributed by atoms with van der Waals surface area (Å²) >= 11 is 0. The van der Waals surface area contributed by atoms with Crippen molar-refractivity contribution >= 4 is 11.6 Å². The molecule has 1 aromatic carbocycles. The summed E-state index contributed by atoms with van der Waals surface area (Å²) < 4.78 is 27.2. The van der Waals surface area contributed by atoms with Crippen LogP contribution in [0.25, 0.3) is 17.2 Å². The van der Waals surface area contributed by atoms with E-state index in [1.165, 1.54) is 25.0 Å². The minimum atomic E-state index is -0.349. The summed E-state index contributed by atoms with van der Waals surface area (Å²) in [6.07, 6.45) is 6.20. The lowest BCUT2D eigenvalue weighted by atomic mass is 10.0. The fraction of sp³-hybridized carbons (Fsp3) is 0.500. The zero-order chi connectivity index (χ0) is 23.2. The van der Waals surface area contributed by atoms with Crippen LogP contribution in [0.15, 0.2) is 29.0 Å². The van der Waals surface area contributed by atoms with Gasteiger partial charge >= 0.3 is 0 Å². The quantitative estimate of drug-likeness (QED) is 0.582. The maximum atomic E-state index is 14.3. The Morgan fingerprint density at radius 1 is 1.18 bits per heavy atom. The Bertz CT molecular complexity index is 1210. The molecular formula is C24H27FN6O3. The molecule has 2 aromatic heterocycles. The number of fused-ring (bicyclic) bond motifs is 3. The Labute approximate surface area is 196 Å². The molecule has 3 aliphatic rings. The highest BCUT2D eigenvalue weighted by Crippen LogP contribution is 2.42. The van der Waals surface area contributed by atoms with E-state index in [9.17, 15) is 9.18 Å². The molecule has 34 heavy (non-hydrogen) atoms. The second-order valence-corrected chi connectivity index (χ2v) is 9.22. The van der Waals surface area contributed by atoms with Crippen LogP contribution in [0.4, 0.5) is 10.1 Å². The molecule has 10 heteroatoms. The third kappa shape index (κ3) is 3.56. The van der Waals surface area contributed by atoms with E-state index in [-0.39, 0.29) is 24.3 Å². The number of amides is 1. The molecule has 1 saturated heterocycles. The number of benzene rings is 1. The highest BCUT2D eigenvalue weighted by Gasteiger charge is 2.35. The largest absolute Gasteiger partial charge is 0.378 e. The standard InChI is InChI=1S/C24H27FN6O3/c1-15-22-21(23-27-24(34-28-23)16-4-2-3-5-16)26-14-31(22)18-7-6-17(25)12-19(18)30(15)13-20(32)29-8-10-33-11-9-29/h6-7,12,14-16H,2-5,8-11,13H2,1H3/t15-/m1/s1. The summed E-state index contributed by atoms with van der Waals surface area (Å²) in [6.45, 7) is 4.31. The third-order valence-electron chi connectivity index (χ3n) is 7.20. The van der Waals surface area contributed by atoms with E-state index < -0.39 is 0 Å². The van der Waals surface area contributed by atoms with E-state index in [0.29, 0.717) is 55.3 Å². The normalized spacial score (nSPS) is 20.5. The van der Waals surface area contributed by atoms with Crippen LogP contribution in [-0.4, -0.2) is 63.3 Å². The van der Waals surface area contributed by atoms with E-state index in [1.807, 2.05) is 16.4 Å². The van der Waals surface area contributed by atoms with Gasteiger partial charge in [0.1, 0.15) is 17.8 Å². The first-order valence-corrected chi connectivity index (χ1v) is 11.9. The van der Waals surface area contributed by atoms with Gasteiger partial charge in [0.05, 0.1) is 42.9 Å². The number of rotatable bonds is 4. The Balaban J connectivity index is 1.38. The van der Waals surface area contributed by atoms with Crippen molar-refractivity contribution in [3.05, 3.63) is 41.9 Å². The van der Waals surface area contributed by atoms with Crippen LogP contribution in [0.1, 0.15) is 56.2 Å². The molecule has 2 aliphatic heterocycles. The molecule has 2 fully saturated rings. The van der Waals surface area contributed by atoms with Gasteiger partial charge in [0, 0.05) is 19.0 Å². The second kappa shape index (κ2) is 8.50. The predicted molar refractivity (Wildman–Crippen MR) is 121 cm³/mol. The topological polar surface area (TPSA) is 89.5 Å². The number of morpholine rings is 1. The monoisotopic (exact) mass is 466 g/mol. The van der Waals surface area contributed by atoms with Crippen molar-refractivity contribution in [2.24, 2.45) is 0 Å². The van der Waals surface area contributed by atoms with E-state index in [2.05, 4.69) is 15.1 Å². The summed E-state index contributed by atoms with van der Waals surface area (Å²) in [5.74, 6) is 1.07. The van der Waals surface area contributed by atoms with Crippen molar-refractivity contribution in [2.75, 3.05) is 37.7 Å². The molecule has 3 aromatic rings. The minimum Gasteiger partial charge on any atom is -0.378 e. The van der Waals surface area contributed by atoms with Crippen molar-refractivity contribution in [1.82, 2.24) is 24.6 Å². The van der Waals surface area contributed by atoms with Crippen molar-refractivity contribution in [2.45, 2.75) is 44.6 Å². The molecular weight excluding hydrogens is 439 g/mol. The summed E-state index contributed by atoms with van der Waals surface area (Å²) in [5.41, 5.74) is 2.90. The van der Waals surface area contributed by atoms with Gasteiger partial charge in [-0.15, -0.1) is 0 Å². The van der Waals surface area contributed by atoms with Crippen molar-refractivity contribution in [3.63, 3.8) is 0 Å². The molecule has 1 aliphatic carbocycles. The molecule has 6 rings (SSSR count). The number of imidazole rings is 1. The minimum absolute atomic E-state index is 0.0112. The lowest BCUT2D eigenvalue weighted by molar-refractivity contribution is -0.133. The van der Waals surface area contributed by atoms with Crippen LogP contribution in [-0.2, 0) is 9.53 Å². The van der Waals surface area contributed by atoms with Gasteiger partial charge in [-0.2, -0.15) is 4.98 Å².